The summed E-state index contributed by atoms with van der Waals surface area (Å²) in [5.74, 6) is -1.39. The molecule has 28 heavy (non-hydrogen) atoms. The second kappa shape index (κ2) is 8.22. The molecule has 0 radical (unpaired) electrons. The van der Waals surface area contributed by atoms with Gasteiger partial charge in [-0.1, -0.05) is 30.3 Å². The van der Waals surface area contributed by atoms with E-state index in [2.05, 4.69) is 4.98 Å². The van der Waals surface area contributed by atoms with Crippen molar-refractivity contribution in [3.8, 4) is 11.5 Å². The molecule has 1 aromatic heterocycles. The number of hydrogen-bond donors (Lipinski definition) is 2. The van der Waals surface area contributed by atoms with Crippen LogP contribution >= 0.6 is 0 Å². The summed E-state index contributed by atoms with van der Waals surface area (Å²) in [5.41, 5.74) is 2.03. The van der Waals surface area contributed by atoms with E-state index in [9.17, 15) is 14.7 Å². The van der Waals surface area contributed by atoms with Crippen LogP contribution in [0.4, 0.5) is 0 Å². The number of aliphatic carboxylic acids is 1. The van der Waals surface area contributed by atoms with Gasteiger partial charge in [0.2, 0.25) is 0 Å². The molecule has 0 bridgehead atoms. The van der Waals surface area contributed by atoms with E-state index in [1.54, 1.807) is 54.6 Å². The summed E-state index contributed by atoms with van der Waals surface area (Å²) in [6.45, 7) is -0.468. The molecule has 0 aliphatic carbocycles. The highest BCUT2D eigenvalue weighted by atomic mass is 16.5. The summed E-state index contributed by atoms with van der Waals surface area (Å²) in [4.78, 5) is 26.7. The molecule has 3 rings (SSSR count). The highest BCUT2D eigenvalue weighted by molar-refractivity contribution is 6.03. The maximum Gasteiger partial charge on any atom is 0.341 e. The molecule has 7 nitrogen and oxygen atoms in total. The third-order valence-electron chi connectivity index (χ3n) is 3.95. The summed E-state index contributed by atoms with van der Waals surface area (Å²) in [6.07, 6.45) is 3.46. The van der Waals surface area contributed by atoms with Gasteiger partial charge in [0.05, 0.1) is 23.9 Å². The molecule has 0 unspecified atom stereocenters. The van der Waals surface area contributed by atoms with Gasteiger partial charge in [-0.3, -0.25) is 0 Å². The second-order valence-electron chi connectivity index (χ2n) is 5.84. The van der Waals surface area contributed by atoms with Crippen LogP contribution < -0.4 is 9.47 Å². The molecule has 3 aromatic rings. The molecule has 0 aliphatic rings. The predicted molar refractivity (Wildman–Crippen MR) is 104 cm³/mol. The standard InChI is InChI=1S/C21H17NO6/c1-27-19-10-13(7-9-18(19)28-12-20(23)24)6-8-14-11-16(21(25)26)15-4-2-3-5-17(15)22-14/h2-11H,12H2,1H3,(H,23,24)(H,25,26)/b8-6+. The molecule has 142 valence electrons. The summed E-state index contributed by atoms with van der Waals surface area (Å²) in [7, 11) is 1.46. The van der Waals surface area contributed by atoms with Crippen LogP contribution in [0.2, 0.25) is 0 Å². The van der Waals surface area contributed by atoms with E-state index in [0.717, 1.165) is 5.56 Å². The Balaban J connectivity index is 1.91. The van der Waals surface area contributed by atoms with E-state index in [4.69, 9.17) is 14.6 Å². The third kappa shape index (κ3) is 4.27. The van der Waals surface area contributed by atoms with E-state index < -0.39 is 18.5 Å². The Morgan fingerprint density at radius 1 is 1.04 bits per heavy atom. The van der Waals surface area contributed by atoms with Gasteiger partial charge in [0.25, 0.3) is 0 Å². The van der Waals surface area contributed by atoms with Crippen molar-refractivity contribution in [2.75, 3.05) is 13.7 Å². The smallest absolute Gasteiger partial charge is 0.341 e. The first-order chi connectivity index (χ1) is 13.5. The number of ether oxygens (including phenoxy) is 2. The van der Waals surface area contributed by atoms with E-state index in [1.807, 2.05) is 0 Å². The number of carboxylic acids is 2. The number of fused-ring (bicyclic) bond motifs is 1. The van der Waals surface area contributed by atoms with Gasteiger partial charge >= 0.3 is 11.9 Å². The van der Waals surface area contributed by atoms with Gasteiger partial charge < -0.3 is 19.7 Å². The van der Waals surface area contributed by atoms with Gasteiger partial charge in [0.1, 0.15) is 0 Å². The number of hydrogen-bond acceptors (Lipinski definition) is 5. The summed E-state index contributed by atoms with van der Waals surface area (Å²) < 4.78 is 10.4. The zero-order valence-corrected chi connectivity index (χ0v) is 15.0. The number of pyridine rings is 1. The number of benzene rings is 2. The van der Waals surface area contributed by atoms with Crippen molar-refractivity contribution >= 4 is 35.0 Å². The molecule has 7 heteroatoms. The Morgan fingerprint density at radius 3 is 2.54 bits per heavy atom. The molecular weight excluding hydrogens is 362 g/mol. The first-order valence-electron chi connectivity index (χ1n) is 8.31. The molecule has 1 heterocycles. The van der Waals surface area contributed by atoms with Crippen LogP contribution in [0.25, 0.3) is 23.1 Å². The van der Waals surface area contributed by atoms with Crippen molar-refractivity contribution in [2.24, 2.45) is 0 Å². The number of aromatic carboxylic acids is 1. The highest BCUT2D eigenvalue weighted by Crippen LogP contribution is 2.29. The largest absolute Gasteiger partial charge is 0.493 e. The first kappa shape index (κ1) is 18.9. The minimum Gasteiger partial charge on any atom is -0.493 e. The molecular formula is C21H17NO6. The van der Waals surface area contributed by atoms with Crippen molar-refractivity contribution in [2.45, 2.75) is 0 Å². The fraction of sp³-hybridized carbons (Fsp3) is 0.0952. The van der Waals surface area contributed by atoms with E-state index in [1.165, 1.54) is 13.2 Å². The number of rotatable bonds is 7. The second-order valence-corrected chi connectivity index (χ2v) is 5.84. The lowest BCUT2D eigenvalue weighted by atomic mass is 10.1. The maximum absolute atomic E-state index is 11.5. The predicted octanol–water partition coefficient (Wildman–Crippen LogP) is 3.58. The van der Waals surface area contributed by atoms with E-state index in [-0.39, 0.29) is 5.56 Å². The molecule has 0 atom stereocenters. The number of carbonyl (C=O) groups is 2. The van der Waals surface area contributed by atoms with Crippen molar-refractivity contribution in [3.63, 3.8) is 0 Å². The molecule has 2 aromatic carbocycles. The van der Waals surface area contributed by atoms with Gasteiger partial charge in [-0.25, -0.2) is 14.6 Å². The minimum absolute atomic E-state index is 0.181. The van der Waals surface area contributed by atoms with Crippen LogP contribution in [0.15, 0.2) is 48.5 Å². The van der Waals surface area contributed by atoms with E-state index >= 15 is 0 Å². The minimum atomic E-state index is -1.08. The summed E-state index contributed by atoms with van der Waals surface area (Å²) >= 11 is 0. The number of carboxylic acid groups (broad SMARTS) is 2. The number of methoxy groups -OCH3 is 1. The molecule has 0 saturated heterocycles. The van der Waals surface area contributed by atoms with Crippen molar-refractivity contribution in [1.29, 1.82) is 0 Å². The lowest BCUT2D eigenvalue weighted by Crippen LogP contribution is -2.10. The topological polar surface area (TPSA) is 106 Å². The number of para-hydroxylation sites is 1. The molecule has 0 saturated carbocycles. The molecule has 0 amide bonds. The monoisotopic (exact) mass is 379 g/mol. The lowest BCUT2D eigenvalue weighted by Gasteiger charge is -2.09. The molecule has 0 aliphatic heterocycles. The Bertz CT molecular complexity index is 1070. The first-order valence-corrected chi connectivity index (χ1v) is 8.31. The summed E-state index contributed by atoms with van der Waals surface area (Å²) in [5, 5.41) is 18.7. The summed E-state index contributed by atoms with van der Waals surface area (Å²) in [6, 6.07) is 13.6. The number of aromatic nitrogens is 1. The Hall–Kier alpha value is -3.87. The normalized spacial score (nSPS) is 10.9. The van der Waals surface area contributed by atoms with Gasteiger partial charge in [-0.2, -0.15) is 0 Å². The zero-order valence-electron chi connectivity index (χ0n) is 15.0. The van der Waals surface area contributed by atoms with Gasteiger partial charge in [0, 0.05) is 5.39 Å². The van der Waals surface area contributed by atoms with Gasteiger partial charge in [-0.15, -0.1) is 0 Å². The fourth-order valence-electron chi connectivity index (χ4n) is 2.69. The van der Waals surface area contributed by atoms with Crippen LogP contribution in [0, 0.1) is 0 Å². The highest BCUT2D eigenvalue weighted by Gasteiger charge is 2.11. The average Bonchev–Trinajstić information content (AvgIpc) is 2.70. The van der Waals surface area contributed by atoms with E-state index in [0.29, 0.717) is 28.1 Å². The van der Waals surface area contributed by atoms with Crippen molar-refractivity contribution < 1.29 is 29.3 Å². The number of nitrogens with zero attached hydrogens (tertiary/aromatic N) is 1. The lowest BCUT2D eigenvalue weighted by molar-refractivity contribution is -0.139. The van der Waals surface area contributed by atoms with Crippen molar-refractivity contribution in [3.05, 3.63) is 65.4 Å². The Kier molecular flexibility index (Phi) is 5.55. The molecule has 0 spiro atoms. The van der Waals surface area contributed by atoms with Crippen LogP contribution in [-0.4, -0.2) is 40.9 Å². The van der Waals surface area contributed by atoms with Crippen LogP contribution in [0.5, 0.6) is 11.5 Å². The van der Waals surface area contributed by atoms with Crippen LogP contribution in [0.1, 0.15) is 21.6 Å². The van der Waals surface area contributed by atoms with Crippen LogP contribution in [-0.2, 0) is 4.79 Å². The van der Waals surface area contributed by atoms with Gasteiger partial charge in [0.15, 0.2) is 18.1 Å². The zero-order chi connectivity index (χ0) is 20.1. The molecule has 2 N–H and O–H groups in total. The van der Waals surface area contributed by atoms with Gasteiger partial charge in [-0.05, 0) is 35.9 Å². The third-order valence-corrected chi connectivity index (χ3v) is 3.95. The van der Waals surface area contributed by atoms with Crippen molar-refractivity contribution in [1.82, 2.24) is 4.98 Å². The molecule has 0 fully saturated rings. The quantitative estimate of drug-likeness (QED) is 0.646. The maximum atomic E-state index is 11.5. The van der Waals surface area contributed by atoms with Crippen LogP contribution in [0.3, 0.4) is 0 Å². The average molecular weight is 379 g/mol. The SMILES string of the molecule is COc1cc(/C=C/c2cc(C(=O)O)c3ccccc3n2)ccc1OCC(=O)O. The Morgan fingerprint density at radius 2 is 1.82 bits per heavy atom. The Labute approximate surface area is 160 Å². The fourth-order valence-corrected chi connectivity index (χ4v) is 2.69.